The molecule has 63 heavy (non-hydrogen) atoms. The lowest BCUT2D eigenvalue weighted by molar-refractivity contribution is 0.454. The number of para-hydroxylation sites is 2. The van der Waals surface area contributed by atoms with Gasteiger partial charge in [-0.05, 0) is 111 Å². The molecule has 0 spiro atoms. The van der Waals surface area contributed by atoms with Crippen LogP contribution in [-0.4, -0.2) is 0 Å². The van der Waals surface area contributed by atoms with Crippen molar-refractivity contribution in [3.05, 3.63) is 295 Å². The van der Waals surface area contributed by atoms with Crippen molar-refractivity contribution in [3.63, 3.8) is 0 Å². The predicted molar refractivity (Wildman–Crippen MR) is 263 cm³/mol. The summed E-state index contributed by atoms with van der Waals surface area (Å²) in [5.74, 6) is 0.212. The summed E-state index contributed by atoms with van der Waals surface area (Å²) in [4.78, 5) is 4.83. The van der Waals surface area contributed by atoms with Gasteiger partial charge in [-0.1, -0.05) is 200 Å². The smallest absolute Gasteiger partial charge is 0.0527 e. The molecule has 0 bridgehead atoms. The van der Waals surface area contributed by atoms with Gasteiger partial charge in [-0.15, -0.1) is 0 Å². The summed E-state index contributed by atoms with van der Waals surface area (Å²) in [6, 6.07) is 90.5. The van der Waals surface area contributed by atoms with Crippen LogP contribution < -0.4 is 9.80 Å². The molecule has 9 aromatic carbocycles. The Morgan fingerprint density at radius 3 is 1.21 bits per heavy atom. The Morgan fingerprint density at radius 2 is 0.714 bits per heavy atom. The highest BCUT2D eigenvalue weighted by Crippen LogP contribution is 2.61. The fourth-order valence-corrected chi connectivity index (χ4v) is 10.2. The van der Waals surface area contributed by atoms with Crippen LogP contribution in [0.2, 0.25) is 0 Å². The fraction of sp³-hybridized carbons (Fsp3) is 0.0492. The first-order chi connectivity index (χ1) is 31.3. The van der Waals surface area contributed by atoms with E-state index in [0.717, 1.165) is 34.1 Å². The largest absolute Gasteiger partial charge is 0.311 e. The molecule has 0 amide bonds. The number of hydrogen-bond acceptors (Lipinski definition) is 2. The zero-order valence-electron chi connectivity index (χ0n) is 35.0. The standard InChI is InChI=1S/C61H46N2/c1-7-19-45(20-8-1)47-31-35-53(36-32-47)62(51-27-15-5-16-28-51)55-39-41-57-58-42-40-56(44-60(58)61(59(57)43-55,49-23-11-3-12-24-49)50-25-13-4-14-26-50)63(52-29-17-6-18-30-52)54-37-33-48(34-38-54)46-21-9-2-10-22-46/h1-44,57,59H. The number of fused-ring (bicyclic) bond motifs is 3. The number of benzene rings is 9. The topological polar surface area (TPSA) is 6.48 Å². The third-order valence-corrected chi connectivity index (χ3v) is 13.0. The van der Waals surface area contributed by atoms with Gasteiger partial charge in [0.1, 0.15) is 0 Å². The molecule has 11 rings (SSSR count). The minimum Gasteiger partial charge on any atom is -0.311 e. The van der Waals surface area contributed by atoms with Crippen LogP contribution in [0.4, 0.5) is 28.4 Å². The van der Waals surface area contributed by atoms with Gasteiger partial charge in [0.2, 0.25) is 0 Å². The molecular weight excluding hydrogens is 761 g/mol. The lowest BCUT2D eigenvalue weighted by atomic mass is 9.63. The normalized spacial score (nSPS) is 15.8. The zero-order chi connectivity index (χ0) is 42.0. The summed E-state index contributed by atoms with van der Waals surface area (Å²) in [5, 5.41) is 0. The molecule has 2 nitrogen and oxygen atoms in total. The first kappa shape index (κ1) is 38.0. The second kappa shape index (κ2) is 16.5. The quantitative estimate of drug-likeness (QED) is 0.136. The van der Waals surface area contributed by atoms with Gasteiger partial charge in [0.05, 0.1) is 5.41 Å². The molecule has 0 N–H and O–H groups in total. The van der Waals surface area contributed by atoms with E-state index in [9.17, 15) is 0 Å². The fourth-order valence-electron chi connectivity index (χ4n) is 10.2. The van der Waals surface area contributed by atoms with Crippen LogP contribution in [0.1, 0.15) is 28.2 Å². The number of anilines is 5. The Hall–Kier alpha value is -7.94. The number of allylic oxidation sites excluding steroid dienone is 3. The SMILES string of the molecule is C1=CC2c3ccc(N(c4ccccc4)c4ccc(-c5ccccc5)cc4)cc3C(c3ccccc3)(c3ccccc3)C2C=C1N(c1ccccc1)c1ccc(-c2ccccc2)cc1. The summed E-state index contributed by atoms with van der Waals surface area (Å²) < 4.78 is 0. The molecule has 0 radical (unpaired) electrons. The van der Waals surface area contributed by atoms with Gasteiger partial charge in [-0.2, -0.15) is 0 Å². The van der Waals surface area contributed by atoms with Crippen molar-refractivity contribution in [2.75, 3.05) is 9.80 Å². The van der Waals surface area contributed by atoms with E-state index in [1.807, 2.05) is 0 Å². The highest BCUT2D eigenvalue weighted by atomic mass is 15.2. The molecule has 2 atom stereocenters. The van der Waals surface area contributed by atoms with E-state index in [2.05, 4.69) is 277 Å². The second-order valence-electron chi connectivity index (χ2n) is 16.5. The van der Waals surface area contributed by atoms with E-state index in [1.54, 1.807) is 0 Å². The molecule has 300 valence electrons. The highest BCUT2D eigenvalue weighted by molar-refractivity contribution is 5.81. The van der Waals surface area contributed by atoms with E-state index in [0.29, 0.717) is 0 Å². The van der Waals surface area contributed by atoms with Crippen molar-refractivity contribution in [3.8, 4) is 22.3 Å². The Balaban J connectivity index is 1.09. The maximum atomic E-state index is 2.57. The minimum absolute atomic E-state index is 0.0673. The molecule has 2 aliphatic rings. The molecule has 0 heterocycles. The van der Waals surface area contributed by atoms with Crippen LogP contribution in [0.15, 0.2) is 273 Å². The maximum Gasteiger partial charge on any atom is 0.0527 e. The Bertz CT molecular complexity index is 2980. The van der Waals surface area contributed by atoms with E-state index >= 15 is 0 Å². The van der Waals surface area contributed by atoms with Gasteiger partial charge in [-0.25, -0.2) is 0 Å². The van der Waals surface area contributed by atoms with Crippen molar-refractivity contribution in [1.82, 2.24) is 0 Å². The Kier molecular flexibility index (Phi) is 9.95. The first-order valence-electron chi connectivity index (χ1n) is 21.9. The Labute approximate surface area is 371 Å². The van der Waals surface area contributed by atoms with Crippen LogP contribution in [-0.2, 0) is 5.41 Å². The average Bonchev–Trinajstić information content (AvgIpc) is 3.66. The van der Waals surface area contributed by atoms with Crippen LogP contribution >= 0.6 is 0 Å². The lowest BCUT2D eigenvalue weighted by Gasteiger charge is -2.40. The van der Waals surface area contributed by atoms with Gasteiger partial charge in [0, 0.05) is 46.0 Å². The maximum absolute atomic E-state index is 2.57. The van der Waals surface area contributed by atoms with Crippen molar-refractivity contribution >= 4 is 28.4 Å². The van der Waals surface area contributed by atoms with E-state index in [-0.39, 0.29) is 11.8 Å². The number of rotatable bonds is 10. The van der Waals surface area contributed by atoms with Gasteiger partial charge in [0.15, 0.2) is 0 Å². The first-order valence-corrected chi connectivity index (χ1v) is 21.9. The van der Waals surface area contributed by atoms with Crippen LogP contribution in [0.25, 0.3) is 22.3 Å². The monoisotopic (exact) mass is 806 g/mol. The summed E-state index contributed by atoms with van der Waals surface area (Å²) in [7, 11) is 0. The molecule has 0 saturated carbocycles. The minimum atomic E-state index is -0.506. The van der Waals surface area contributed by atoms with Gasteiger partial charge >= 0.3 is 0 Å². The molecule has 2 unspecified atom stereocenters. The Morgan fingerprint density at radius 1 is 0.333 bits per heavy atom. The van der Waals surface area contributed by atoms with Crippen molar-refractivity contribution in [1.29, 1.82) is 0 Å². The molecule has 0 aromatic heterocycles. The van der Waals surface area contributed by atoms with E-state index in [1.165, 1.54) is 44.5 Å². The molecule has 2 heteroatoms. The van der Waals surface area contributed by atoms with Crippen molar-refractivity contribution in [2.45, 2.75) is 11.3 Å². The lowest BCUT2D eigenvalue weighted by Crippen LogP contribution is -2.36. The number of nitrogens with zero attached hydrogens (tertiary/aromatic N) is 2. The third kappa shape index (κ3) is 6.87. The summed E-state index contributed by atoms with van der Waals surface area (Å²) >= 11 is 0. The van der Waals surface area contributed by atoms with Crippen LogP contribution in [0.5, 0.6) is 0 Å². The van der Waals surface area contributed by atoms with Crippen LogP contribution in [0.3, 0.4) is 0 Å². The summed E-state index contributed by atoms with van der Waals surface area (Å²) in [6.07, 6.45) is 7.39. The van der Waals surface area contributed by atoms with E-state index < -0.39 is 5.41 Å². The van der Waals surface area contributed by atoms with Gasteiger partial charge < -0.3 is 9.80 Å². The van der Waals surface area contributed by atoms with E-state index in [4.69, 9.17) is 0 Å². The van der Waals surface area contributed by atoms with Gasteiger partial charge in [0.25, 0.3) is 0 Å². The number of hydrogen-bond donors (Lipinski definition) is 0. The third-order valence-electron chi connectivity index (χ3n) is 13.0. The molecule has 0 aliphatic heterocycles. The molecule has 0 saturated heterocycles. The van der Waals surface area contributed by atoms with Crippen LogP contribution in [0, 0.1) is 5.92 Å². The second-order valence-corrected chi connectivity index (χ2v) is 16.5. The summed E-state index contributed by atoms with van der Waals surface area (Å²) in [6.45, 7) is 0. The molecule has 0 fully saturated rings. The van der Waals surface area contributed by atoms with Crippen molar-refractivity contribution in [2.24, 2.45) is 5.92 Å². The zero-order valence-corrected chi connectivity index (χ0v) is 35.0. The average molecular weight is 807 g/mol. The predicted octanol–water partition coefficient (Wildman–Crippen LogP) is 15.8. The molecule has 9 aromatic rings. The van der Waals surface area contributed by atoms with Gasteiger partial charge in [-0.3, -0.25) is 0 Å². The molecule has 2 aliphatic carbocycles. The highest BCUT2D eigenvalue weighted by Gasteiger charge is 2.54. The van der Waals surface area contributed by atoms with Crippen molar-refractivity contribution < 1.29 is 0 Å². The summed E-state index contributed by atoms with van der Waals surface area (Å²) in [5.41, 5.74) is 16.3. The molecular formula is C61H46N2.